The summed E-state index contributed by atoms with van der Waals surface area (Å²) in [5.41, 5.74) is 1.97. The molecule has 2 heterocycles. The maximum absolute atomic E-state index is 11.9. The molecule has 2 fully saturated rings. The number of thioether (sulfide) groups is 1. The lowest BCUT2D eigenvalue weighted by Crippen LogP contribution is -2.42. The molecule has 1 aromatic rings. The molecule has 3 rings (SSSR count). The van der Waals surface area contributed by atoms with Gasteiger partial charge in [-0.25, -0.2) is 0 Å². The number of hydrogen-bond acceptors (Lipinski definition) is 6. The first-order chi connectivity index (χ1) is 12.0. The lowest BCUT2D eigenvalue weighted by molar-refractivity contribution is -0.115. The molecule has 0 saturated carbocycles. The molecule has 0 spiro atoms. The number of amides is 2. The first-order valence-corrected chi connectivity index (χ1v) is 9.14. The predicted octanol–water partition coefficient (Wildman–Crippen LogP) is 2.55. The summed E-state index contributed by atoms with van der Waals surface area (Å²) in [4.78, 5) is 28.3. The Labute approximate surface area is 152 Å². The maximum atomic E-state index is 11.9. The Morgan fingerprint density at radius 3 is 2.56 bits per heavy atom. The molecular weight excluding hydrogens is 338 g/mol. The minimum Gasteiger partial charge on any atom is -0.497 e. The van der Waals surface area contributed by atoms with E-state index in [2.05, 4.69) is 29.2 Å². The zero-order chi connectivity index (χ0) is 18.0. The highest BCUT2D eigenvalue weighted by Gasteiger charge is 2.27. The number of carbonyl (C=O) groups is 2. The number of carbonyl (C=O) groups excluding carboxylic acids is 2. The Morgan fingerprint density at radius 1 is 1.28 bits per heavy atom. The minimum atomic E-state index is -0.338. The second-order valence-electron chi connectivity index (χ2n) is 6.46. The molecule has 2 saturated heterocycles. The number of nitrogens with zero attached hydrogens (tertiary/aromatic N) is 2. The number of rotatable bonds is 4. The Hall–Kier alpha value is -1.99. The highest BCUT2D eigenvalue weighted by atomic mass is 32.2. The molecule has 0 aliphatic carbocycles. The summed E-state index contributed by atoms with van der Waals surface area (Å²) < 4.78 is 5.33. The van der Waals surface area contributed by atoms with Crippen LogP contribution in [0, 0.1) is 0 Å². The number of methoxy groups -OCH3 is 1. The molecule has 6 nitrogen and oxygen atoms in total. The largest absolute Gasteiger partial charge is 0.497 e. The van der Waals surface area contributed by atoms with E-state index in [0.29, 0.717) is 10.9 Å². The van der Waals surface area contributed by atoms with Crippen molar-refractivity contribution < 1.29 is 14.3 Å². The average Bonchev–Trinajstić information content (AvgIpc) is 2.92. The number of nitrogens with one attached hydrogen (secondary N) is 1. The van der Waals surface area contributed by atoms with Crippen molar-refractivity contribution in [1.29, 1.82) is 0 Å². The predicted molar refractivity (Wildman–Crippen MR) is 101 cm³/mol. The van der Waals surface area contributed by atoms with Crippen LogP contribution in [-0.4, -0.2) is 56.4 Å². The van der Waals surface area contributed by atoms with E-state index in [0.717, 1.165) is 54.7 Å². The van der Waals surface area contributed by atoms with Crippen LogP contribution < -0.4 is 15.0 Å². The summed E-state index contributed by atoms with van der Waals surface area (Å²) in [6.45, 7) is 1.92. The molecule has 0 aromatic heterocycles. The van der Waals surface area contributed by atoms with Crippen LogP contribution in [-0.2, 0) is 4.79 Å². The third-order valence-corrected chi connectivity index (χ3v) is 5.51. The highest BCUT2D eigenvalue weighted by Crippen LogP contribution is 2.33. The molecule has 134 valence electrons. The number of hydrogen-bond donors (Lipinski definition) is 1. The van der Waals surface area contributed by atoms with Gasteiger partial charge in [0.25, 0.3) is 11.1 Å². The smallest absolute Gasteiger partial charge is 0.290 e. The molecule has 7 heteroatoms. The summed E-state index contributed by atoms with van der Waals surface area (Å²) >= 11 is 0.937. The Morgan fingerprint density at radius 2 is 2.00 bits per heavy atom. The van der Waals surface area contributed by atoms with Gasteiger partial charge < -0.3 is 14.5 Å². The molecule has 0 radical (unpaired) electrons. The van der Waals surface area contributed by atoms with Crippen molar-refractivity contribution in [3.05, 3.63) is 28.7 Å². The van der Waals surface area contributed by atoms with Crippen LogP contribution in [0.15, 0.2) is 23.1 Å². The summed E-state index contributed by atoms with van der Waals surface area (Å²) in [5.74, 6) is 0.392. The van der Waals surface area contributed by atoms with Crippen LogP contribution in [0.3, 0.4) is 0 Å². The van der Waals surface area contributed by atoms with Gasteiger partial charge in [0.2, 0.25) is 0 Å². The first-order valence-electron chi connectivity index (χ1n) is 8.32. The van der Waals surface area contributed by atoms with Crippen LogP contribution in [0.5, 0.6) is 5.75 Å². The van der Waals surface area contributed by atoms with E-state index in [9.17, 15) is 9.59 Å². The van der Waals surface area contributed by atoms with Crippen LogP contribution in [0.2, 0.25) is 0 Å². The number of anilines is 1. The SMILES string of the molecule is COc1ccc(N2CCC(N(C)C)CC2)c(C=C2SC(=O)NC2=O)c1. The summed E-state index contributed by atoms with van der Waals surface area (Å²) in [5, 5.41) is 1.97. The van der Waals surface area contributed by atoms with Gasteiger partial charge in [0.05, 0.1) is 12.0 Å². The molecule has 2 amide bonds. The van der Waals surface area contributed by atoms with E-state index in [1.165, 1.54) is 0 Å². The van der Waals surface area contributed by atoms with Crippen molar-refractivity contribution >= 4 is 34.7 Å². The molecular formula is C18H23N3O3S. The van der Waals surface area contributed by atoms with Crippen molar-refractivity contribution in [3.63, 3.8) is 0 Å². The van der Waals surface area contributed by atoms with E-state index >= 15 is 0 Å². The second kappa shape index (κ2) is 7.49. The molecule has 0 unspecified atom stereocenters. The van der Waals surface area contributed by atoms with Crippen molar-refractivity contribution in [2.24, 2.45) is 0 Å². The van der Waals surface area contributed by atoms with Crippen molar-refractivity contribution in [3.8, 4) is 5.75 Å². The number of benzene rings is 1. The van der Waals surface area contributed by atoms with Crippen molar-refractivity contribution in [1.82, 2.24) is 10.2 Å². The van der Waals surface area contributed by atoms with E-state index in [-0.39, 0.29) is 11.1 Å². The first kappa shape index (κ1) is 17.8. The molecule has 1 aromatic carbocycles. The topological polar surface area (TPSA) is 61.9 Å². The number of ether oxygens (including phenoxy) is 1. The number of piperidine rings is 1. The fourth-order valence-corrected chi connectivity index (χ4v) is 3.92. The van der Waals surface area contributed by atoms with Gasteiger partial charge in [0.1, 0.15) is 5.75 Å². The maximum Gasteiger partial charge on any atom is 0.290 e. The van der Waals surface area contributed by atoms with Crippen LogP contribution in [0.25, 0.3) is 6.08 Å². The van der Waals surface area contributed by atoms with Gasteiger partial charge in [-0.15, -0.1) is 0 Å². The van der Waals surface area contributed by atoms with Gasteiger partial charge >= 0.3 is 0 Å². The summed E-state index contributed by atoms with van der Waals surface area (Å²) in [7, 11) is 5.86. The lowest BCUT2D eigenvalue weighted by Gasteiger charge is -2.37. The minimum absolute atomic E-state index is 0.326. The fourth-order valence-electron chi connectivity index (χ4n) is 3.25. The van der Waals surface area contributed by atoms with Gasteiger partial charge in [0.15, 0.2) is 0 Å². The van der Waals surface area contributed by atoms with Gasteiger partial charge in [-0.1, -0.05) is 0 Å². The van der Waals surface area contributed by atoms with Gasteiger partial charge in [-0.05, 0) is 63.0 Å². The molecule has 0 atom stereocenters. The van der Waals surface area contributed by atoms with E-state index < -0.39 is 0 Å². The van der Waals surface area contributed by atoms with Gasteiger partial charge in [0, 0.05) is 30.4 Å². The van der Waals surface area contributed by atoms with Gasteiger partial charge in [-0.2, -0.15) is 0 Å². The van der Waals surface area contributed by atoms with E-state index in [1.54, 1.807) is 13.2 Å². The normalized spacial score (nSPS) is 20.5. The highest BCUT2D eigenvalue weighted by molar-refractivity contribution is 8.18. The zero-order valence-electron chi connectivity index (χ0n) is 14.7. The molecule has 2 aliphatic heterocycles. The standard InChI is InChI=1S/C18H23N3O3S/c1-20(2)13-6-8-21(9-7-13)15-5-4-14(24-3)10-12(15)11-16-17(22)19-18(23)25-16/h4-5,10-11,13H,6-9H2,1-3H3,(H,19,22,23). The molecule has 1 N–H and O–H groups in total. The van der Waals surface area contributed by atoms with Crippen molar-refractivity contribution in [2.75, 3.05) is 39.2 Å². The third kappa shape index (κ3) is 3.99. The summed E-state index contributed by atoms with van der Waals surface area (Å²) in [6, 6.07) is 6.48. The summed E-state index contributed by atoms with van der Waals surface area (Å²) in [6.07, 6.45) is 3.98. The van der Waals surface area contributed by atoms with Gasteiger partial charge in [-0.3, -0.25) is 14.9 Å². The van der Waals surface area contributed by atoms with E-state index in [1.807, 2.05) is 18.2 Å². The Balaban J connectivity index is 1.88. The van der Waals surface area contributed by atoms with Crippen LogP contribution >= 0.6 is 11.8 Å². The van der Waals surface area contributed by atoms with Crippen molar-refractivity contribution in [2.45, 2.75) is 18.9 Å². The van der Waals surface area contributed by atoms with Crippen LogP contribution in [0.1, 0.15) is 18.4 Å². The van der Waals surface area contributed by atoms with Crippen LogP contribution in [0.4, 0.5) is 10.5 Å². The molecule has 0 bridgehead atoms. The second-order valence-corrected chi connectivity index (χ2v) is 7.47. The van der Waals surface area contributed by atoms with E-state index in [4.69, 9.17) is 4.74 Å². The Kier molecular flexibility index (Phi) is 5.34. The quantitative estimate of drug-likeness (QED) is 0.832. The average molecular weight is 361 g/mol. The molecule has 25 heavy (non-hydrogen) atoms. The fraction of sp³-hybridized carbons (Fsp3) is 0.444. The zero-order valence-corrected chi connectivity index (χ0v) is 15.6. The monoisotopic (exact) mass is 361 g/mol. The molecule has 2 aliphatic rings. The number of imide groups is 1. The lowest BCUT2D eigenvalue weighted by atomic mass is 10.0. The Bertz CT molecular complexity index is 710. The third-order valence-electron chi connectivity index (χ3n) is 4.70.